The molecule has 2 fully saturated rings. The Balaban J connectivity index is 0.000000154. The number of anilines is 3. The van der Waals surface area contributed by atoms with Crippen LogP contribution in [0.5, 0.6) is 0 Å². The lowest BCUT2D eigenvalue weighted by molar-refractivity contribution is 0.443. The Labute approximate surface area is 590 Å². The van der Waals surface area contributed by atoms with E-state index in [1.165, 1.54) is 187 Å². The Kier molecular flexibility index (Phi) is 19.6. The topological polar surface area (TPSA) is 3.24 Å². The third-order valence-electron chi connectivity index (χ3n) is 22.1. The quantitative estimate of drug-likeness (QED) is 0.139. The van der Waals surface area contributed by atoms with Crippen LogP contribution in [0.25, 0.3) is 44.5 Å². The smallest absolute Gasteiger partial charge is 0.0465 e. The summed E-state index contributed by atoms with van der Waals surface area (Å²) in [5.41, 5.74) is 31.8. The molecule has 4 aliphatic rings. The second-order valence-corrected chi connectivity index (χ2v) is 34.6. The van der Waals surface area contributed by atoms with E-state index >= 15 is 0 Å². The third-order valence-corrected chi connectivity index (χ3v) is 22.4. The van der Waals surface area contributed by atoms with Crippen molar-refractivity contribution in [2.45, 2.75) is 226 Å². The molecule has 0 spiro atoms. The van der Waals surface area contributed by atoms with Crippen molar-refractivity contribution >= 4 is 28.7 Å². The summed E-state index contributed by atoms with van der Waals surface area (Å²) in [6.07, 6.45) is 14.7. The molecule has 14 rings (SSSR count). The Morgan fingerprint density at radius 1 is 0.320 bits per heavy atom. The van der Waals surface area contributed by atoms with Crippen LogP contribution in [-0.2, 0) is 38.9 Å². The standard InChI is InChI=1S/C47H53N.C28H30.C20H25Cl/c1-45(2,3)36-28-35(29-37(30-36)46(4,5)6)34-20-24-39(25-21-34)48(38-22-18-33(19-23-38)32-14-10-9-11-15-32)40-26-27-42-41-16-12-13-17-43(41)47(7,8)44(42)31-40;1-28(2)26-11-7-6-10-24(26)25-17-14-21(19-27(25)28)18-20-12-15-23(16-13-20)22-8-4-3-5-9-22;1-19(2,3)16-11-15(12-17(13-16)20(4,5)6)14-7-9-18(21)10-8-14/h12-13,16-32H,9-11,14-15H2,1-8H3;6-7,10-17,19,22H,3-5,8-9,18H2,1-2H3;7-13H,1-6H3. The SMILES string of the molecule is CC(C)(C)c1cc(-c2ccc(Cl)cc2)cc(C(C)(C)C)c1.CC(C)(C)c1cc(-c2ccc(N(c3ccc(C4CCCCC4)cc3)c3ccc4c(c3)C(C)(C)c3ccccc3-4)cc2)cc(C(C)(C)C)c1.CC1(C)c2ccccc2-c2ccc(Cc3ccc(C4CCCCC4)cc3)cc21. The predicted molar refractivity (Wildman–Crippen MR) is 421 cm³/mol. The summed E-state index contributed by atoms with van der Waals surface area (Å²) in [5.74, 6) is 1.49. The van der Waals surface area contributed by atoms with Crippen molar-refractivity contribution in [2.75, 3.05) is 4.90 Å². The van der Waals surface area contributed by atoms with Crippen LogP contribution in [0.1, 0.15) is 254 Å². The van der Waals surface area contributed by atoms with Crippen molar-refractivity contribution in [1.29, 1.82) is 0 Å². The summed E-state index contributed by atoms with van der Waals surface area (Å²) >= 11 is 6.01. The molecule has 0 atom stereocenters. The van der Waals surface area contributed by atoms with E-state index in [2.05, 4.69) is 322 Å². The van der Waals surface area contributed by atoms with E-state index in [1.807, 2.05) is 12.1 Å². The highest BCUT2D eigenvalue weighted by Crippen LogP contribution is 2.52. The van der Waals surface area contributed by atoms with Gasteiger partial charge in [0.1, 0.15) is 0 Å². The molecule has 0 aromatic heterocycles. The van der Waals surface area contributed by atoms with E-state index in [9.17, 15) is 0 Å². The molecule has 0 heterocycles. The van der Waals surface area contributed by atoms with Gasteiger partial charge in [-0.1, -0.05) is 331 Å². The van der Waals surface area contributed by atoms with Crippen molar-refractivity contribution in [1.82, 2.24) is 0 Å². The number of hydrogen-bond donors (Lipinski definition) is 0. The average molecular weight is 1300 g/mol. The number of benzene rings is 10. The molecule has 0 unspecified atom stereocenters. The highest BCUT2D eigenvalue weighted by molar-refractivity contribution is 6.30. The van der Waals surface area contributed by atoms with Gasteiger partial charge in [-0.25, -0.2) is 0 Å². The molecule has 0 amide bonds. The van der Waals surface area contributed by atoms with Gasteiger partial charge in [-0.2, -0.15) is 0 Å². The van der Waals surface area contributed by atoms with Crippen LogP contribution in [0.4, 0.5) is 17.1 Å². The van der Waals surface area contributed by atoms with Gasteiger partial charge in [0.05, 0.1) is 0 Å². The molecule has 0 radical (unpaired) electrons. The lowest BCUT2D eigenvalue weighted by Gasteiger charge is -2.29. The molecule has 2 saturated carbocycles. The van der Waals surface area contributed by atoms with E-state index in [0.29, 0.717) is 5.92 Å². The molecule has 2 heteroatoms. The minimum Gasteiger partial charge on any atom is -0.310 e. The van der Waals surface area contributed by atoms with Gasteiger partial charge < -0.3 is 4.90 Å². The van der Waals surface area contributed by atoms with E-state index in [1.54, 1.807) is 5.56 Å². The number of hydrogen-bond acceptors (Lipinski definition) is 1. The van der Waals surface area contributed by atoms with Crippen LogP contribution in [0.3, 0.4) is 0 Å². The zero-order valence-corrected chi connectivity index (χ0v) is 62.3. The molecule has 4 aliphatic carbocycles. The number of halogens is 1. The van der Waals surface area contributed by atoms with Crippen molar-refractivity contribution < 1.29 is 0 Å². The normalized spacial score (nSPS) is 15.8. The maximum Gasteiger partial charge on any atom is 0.0465 e. The fourth-order valence-corrected chi connectivity index (χ4v) is 15.9. The maximum absolute atomic E-state index is 6.01. The van der Waals surface area contributed by atoms with Gasteiger partial charge in [-0.3, -0.25) is 0 Å². The summed E-state index contributed by atoms with van der Waals surface area (Å²) in [5, 5.41) is 0.779. The summed E-state index contributed by atoms with van der Waals surface area (Å²) in [7, 11) is 0. The molecule has 0 saturated heterocycles. The summed E-state index contributed by atoms with van der Waals surface area (Å²) in [6, 6.07) is 82.6. The van der Waals surface area contributed by atoms with Gasteiger partial charge >= 0.3 is 0 Å². The first kappa shape index (κ1) is 69.2. The zero-order chi connectivity index (χ0) is 68.8. The Morgan fingerprint density at radius 3 is 1.08 bits per heavy atom. The Morgan fingerprint density at radius 2 is 0.660 bits per heavy atom. The molecular weight excluding hydrogens is 1190 g/mol. The number of rotatable bonds is 9. The third kappa shape index (κ3) is 15.2. The predicted octanol–water partition coefficient (Wildman–Crippen LogP) is 28.0. The van der Waals surface area contributed by atoms with Crippen LogP contribution < -0.4 is 4.90 Å². The number of fused-ring (bicyclic) bond motifs is 6. The second-order valence-electron chi connectivity index (χ2n) is 34.1. The zero-order valence-electron chi connectivity index (χ0n) is 61.5. The number of nitrogens with zero attached hydrogens (tertiary/aromatic N) is 1. The first-order valence-electron chi connectivity index (χ1n) is 36.7. The molecule has 0 N–H and O–H groups in total. The maximum atomic E-state index is 6.01. The van der Waals surface area contributed by atoms with Crippen LogP contribution in [-0.4, -0.2) is 0 Å². The minimum atomic E-state index is -0.0505. The largest absolute Gasteiger partial charge is 0.310 e. The average Bonchev–Trinajstić information content (AvgIpc) is 1.60. The van der Waals surface area contributed by atoms with Gasteiger partial charge in [0.25, 0.3) is 0 Å². The second kappa shape index (κ2) is 27.5. The fourth-order valence-electron chi connectivity index (χ4n) is 15.8. The van der Waals surface area contributed by atoms with Gasteiger partial charge in [0, 0.05) is 32.9 Å². The van der Waals surface area contributed by atoms with Gasteiger partial charge in [0.2, 0.25) is 0 Å². The van der Waals surface area contributed by atoms with Crippen molar-refractivity contribution in [3.05, 3.63) is 290 Å². The van der Waals surface area contributed by atoms with Gasteiger partial charge in [0.15, 0.2) is 0 Å². The molecule has 10 aromatic carbocycles. The van der Waals surface area contributed by atoms with E-state index in [-0.39, 0.29) is 32.5 Å². The summed E-state index contributed by atoms with van der Waals surface area (Å²) in [4.78, 5) is 2.46. The van der Waals surface area contributed by atoms with Gasteiger partial charge in [-0.05, 0) is 225 Å². The molecule has 0 bridgehead atoms. The molecular formula is C95H108ClN. The van der Waals surface area contributed by atoms with Crippen LogP contribution in [0.2, 0.25) is 5.02 Å². The van der Waals surface area contributed by atoms with Crippen molar-refractivity contribution in [3.8, 4) is 44.5 Å². The summed E-state index contributed by atoms with van der Waals surface area (Å²) < 4.78 is 0. The van der Waals surface area contributed by atoms with Crippen molar-refractivity contribution in [3.63, 3.8) is 0 Å². The molecule has 0 aliphatic heterocycles. The molecule has 1 nitrogen and oxygen atoms in total. The van der Waals surface area contributed by atoms with Crippen LogP contribution in [0, 0.1) is 0 Å². The van der Waals surface area contributed by atoms with E-state index in [4.69, 9.17) is 11.6 Å². The lowest BCUT2D eigenvalue weighted by atomic mass is 9.79. The van der Waals surface area contributed by atoms with Crippen LogP contribution >= 0.6 is 11.6 Å². The first-order chi connectivity index (χ1) is 46.0. The lowest BCUT2D eigenvalue weighted by Crippen LogP contribution is -2.17. The Bertz CT molecular complexity index is 4310. The minimum absolute atomic E-state index is 0.0505. The molecule has 500 valence electrons. The highest BCUT2D eigenvalue weighted by atomic mass is 35.5. The molecule has 97 heavy (non-hydrogen) atoms. The fraction of sp³-hybridized carbons (Fsp3) is 0.368. The monoisotopic (exact) mass is 1300 g/mol. The van der Waals surface area contributed by atoms with Gasteiger partial charge in [-0.15, -0.1) is 0 Å². The van der Waals surface area contributed by atoms with E-state index < -0.39 is 0 Å². The Hall–Kier alpha value is -7.71. The first-order valence-corrected chi connectivity index (χ1v) is 37.0. The summed E-state index contributed by atoms with van der Waals surface area (Å²) in [6.45, 7) is 36.9. The molecule has 10 aromatic rings. The highest BCUT2D eigenvalue weighted by Gasteiger charge is 2.37. The van der Waals surface area contributed by atoms with Crippen molar-refractivity contribution in [2.24, 2.45) is 0 Å². The van der Waals surface area contributed by atoms with E-state index in [0.717, 1.165) is 17.4 Å². The van der Waals surface area contributed by atoms with Crippen LogP contribution in [0.15, 0.2) is 218 Å².